The molecular formula is C25H17F3N3NaO6S2. The number of pyridine rings is 2. The number of halogens is 3. The summed E-state index contributed by atoms with van der Waals surface area (Å²) in [6.45, 7) is 0. The van der Waals surface area contributed by atoms with Gasteiger partial charge in [0.15, 0.2) is 32.7 Å². The molecule has 0 aliphatic carbocycles. The molecule has 0 bridgehead atoms. The molecule has 5 rings (SSSR count). The summed E-state index contributed by atoms with van der Waals surface area (Å²) in [6.07, 6.45) is 1.49. The number of anilines is 1. The number of nitrogens with one attached hydrogen (secondary N) is 1. The molecule has 2 aromatic carbocycles. The van der Waals surface area contributed by atoms with Gasteiger partial charge in [0, 0.05) is 24.4 Å². The minimum Gasteiger partial charge on any atom is -0.859 e. The van der Waals surface area contributed by atoms with Gasteiger partial charge in [0.05, 0.1) is 22.5 Å². The number of hydrogen-bond donors (Lipinski definition) is 1. The molecule has 0 amide bonds. The van der Waals surface area contributed by atoms with Gasteiger partial charge < -0.3 is 14.8 Å². The number of hydrogen-bond acceptors (Lipinski definition) is 7. The first-order valence-electron chi connectivity index (χ1n) is 11.1. The molecule has 0 atom stereocenters. The Balaban J connectivity index is 0.00000370. The fourth-order valence-electron chi connectivity index (χ4n) is 4.31. The second-order valence-electron chi connectivity index (χ2n) is 8.96. The van der Waals surface area contributed by atoms with Crippen molar-refractivity contribution in [1.82, 2.24) is 4.40 Å². The molecule has 1 aliphatic rings. The van der Waals surface area contributed by atoms with E-state index in [2.05, 4.69) is 9.71 Å². The minimum absolute atomic E-state index is 0. The van der Waals surface area contributed by atoms with Gasteiger partial charge in [-0.1, -0.05) is 12.1 Å². The van der Waals surface area contributed by atoms with E-state index < -0.39 is 65.8 Å². The molecule has 0 radical (unpaired) electrons. The molecule has 202 valence electrons. The summed E-state index contributed by atoms with van der Waals surface area (Å²) in [7, 11) is -7.99. The summed E-state index contributed by atoms with van der Waals surface area (Å²) in [4.78, 5) is 13.3. The third-order valence-corrected chi connectivity index (χ3v) is 8.15. The number of nitrogens with zero attached hydrogens (tertiary/aromatic N) is 2. The fourth-order valence-corrected chi connectivity index (χ4v) is 6.27. The summed E-state index contributed by atoms with van der Waals surface area (Å²) in [5.41, 5.74) is -1.53. The molecule has 0 spiro atoms. The Morgan fingerprint density at radius 2 is 1.70 bits per heavy atom. The fraction of sp³-hybridized carbons (Fsp3) is 0.120. The summed E-state index contributed by atoms with van der Waals surface area (Å²) in [5, 5.41) is 16.0. The maximum atomic E-state index is 14.1. The van der Waals surface area contributed by atoms with Gasteiger partial charge in [-0.05, 0) is 53.4 Å². The van der Waals surface area contributed by atoms with Crippen LogP contribution in [0.4, 0.5) is 18.9 Å². The average molecular weight is 600 g/mol. The Hall–Kier alpha value is -3.17. The van der Waals surface area contributed by atoms with Gasteiger partial charge in [0.25, 0.3) is 10.0 Å². The van der Waals surface area contributed by atoms with Crippen molar-refractivity contribution in [3.8, 4) is 5.88 Å². The molecule has 3 heterocycles. The van der Waals surface area contributed by atoms with Crippen molar-refractivity contribution in [3.05, 3.63) is 105 Å². The van der Waals surface area contributed by atoms with Crippen molar-refractivity contribution in [2.24, 2.45) is 4.40 Å². The Kier molecular flexibility index (Phi) is 7.95. The van der Waals surface area contributed by atoms with E-state index in [1.54, 1.807) is 0 Å². The Bertz CT molecular complexity index is 2010. The smallest absolute Gasteiger partial charge is 0.859 e. The van der Waals surface area contributed by atoms with Crippen molar-refractivity contribution in [3.63, 3.8) is 0 Å². The third-order valence-electron chi connectivity index (χ3n) is 5.97. The topological polar surface area (TPSA) is 137 Å². The molecule has 2 aromatic heterocycles. The van der Waals surface area contributed by atoms with Crippen molar-refractivity contribution < 1.29 is 64.7 Å². The molecule has 15 heteroatoms. The van der Waals surface area contributed by atoms with Crippen molar-refractivity contribution in [2.45, 2.75) is 17.1 Å². The van der Waals surface area contributed by atoms with Gasteiger partial charge >= 0.3 is 29.6 Å². The van der Waals surface area contributed by atoms with E-state index in [0.29, 0.717) is 0 Å². The van der Waals surface area contributed by atoms with Gasteiger partial charge in [-0.3, -0.25) is 4.79 Å². The zero-order valence-electron chi connectivity index (χ0n) is 20.9. The zero-order chi connectivity index (χ0) is 28.3. The number of rotatable bonds is 5. The Labute approximate surface area is 248 Å². The molecule has 9 nitrogen and oxygen atoms in total. The number of sulfonamides is 1. The molecular weight excluding hydrogens is 582 g/mol. The number of sulfone groups is 1. The van der Waals surface area contributed by atoms with Crippen LogP contribution in [0.5, 0.6) is 5.88 Å². The molecule has 1 N–H and O–H groups in total. The van der Waals surface area contributed by atoms with E-state index in [1.165, 1.54) is 24.3 Å². The van der Waals surface area contributed by atoms with Crippen molar-refractivity contribution in [2.75, 3.05) is 11.6 Å². The summed E-state index contributed by atoms with van der Waals surface area (Å²) < 4.78 is 95.2. The van der Waals surface area contributed by atoms with E-state index in [1.807, 2.05) is 0 Å². The van der Waals surface area contributed by atoms with Crippen LogP contribution in [0.1, 0.15) is 22.3 Å². The SMILES string of the molecule is CS(=O)(=O)Cc1ccc2c(c1)S(=O)(=O)N=C(c1c([O-])n3cc(F)ccc3c(Cc3ccc(F)c(F)c3)c1=O)N2.[Na+]. The minimum atomic E-state index is -4.52. The average Bonchev–Trinajstić information content (AvgIpc) is 2.83. The molecule has 0 unspecified atom stereocenters. The van der Waals surface area contributed by atoms with Crippen LogP contribution in [-0.2, 0) is 32.0 Å². The van der Waals surface area contributed by atoms with Crippen molar-refractivity contribution in [1.29, 1.82) is 0 Å². The number of fused-ring (bicyclic) bond motifs is 2. The Morgan fingerprint density at radius 3 is 2.38 bits per heavy atom. The molecule has 1 aliphatic heterocycles. The summed E-state index contributed by atoms with van der Waals surface area (Å²) in [5.74, 6) is -5.23. The van der Waals surface area contributed by atoms with E-state index in [4.69, 9.17) is 0 Å². The van der Waals surface area contributed by atoms with Crippen LogP contribution in [-0.4, -0.2) is 33.3 Å². The van der Waals surface area contributed by atoms with E-state index >= 15 is 0 Å². The van der Waals surface area contributed by atoms with Crippen LogP contribution in [0.15, 0.2) is 68.8 Å². The van der Waals surface area contributed by atoms with Gasteiger partial charge in [0.1, 0.15) is 10.7 Å². The largest absolute Gasteiger partial charge is 1.00 e. The van der Waals surface area contributed by atoms with Gasteiger partial charge in [-0.15, -0.1) is 4.40 Å². The number of amidine groups is 1. The van der Waals surface area contributed by atoms with Gasteiger partial charge in [0.2, 0.25) is 0 Å². The van der Waals surface area contributed by atoms with Crippen LogP contribution in [0.25, 0.3) is 5.52 Å². The quantitative estimate of drug-likeness (QED) is 0.305. The van der Waals surface area contributed by atoms with Crippen LogP contribution >= 0.6 is 0 Å². The molecule has 0 saturated carbocycles. The summed E-state index contributed by atoms with van der Waals surface area (Å²) in [6, 6.07) is 8.89. The van der Waals surface area contributed by atoms with Crippen LogP contribution < -0.4 is 45.4 Å². The second kappa shape index (κ2) is 10.7. The monoisotopic (exact) mass is 599 g/mol. The van der Waals surface area contributed by atoms with Crippen LogP contribution in [0.3, 0.4) is 0 Å². The first-order valence-corrected chi connectivity index (χ1v) is 14.6. The predicted octanol–water partition coefficient (Wildman–Crippen LogP) is -0.509. The third kappa shape index (κ3) is 5.67. The normalized spacial score (nSPS) is 14.2. The molecule has 0 saturated heterocycles. The number of benzene rings is 2. The molecule has 4 aromatic rings. The first-order chi connectivity index (χ1) is 18.2. The van der Waals surface area contributed by atoms with E-state index in [0.717, 1.165) is 41.1 Å². The van der Waals surface area contributed by atoms with Gasteiger partial charge in [-0.2, -0.15) is 8.42 Å². The van der Waals surface area contributed by atoms with Gasteiger partial charge in [-0.25, -0.2) is 21.6 Å². The molecule has 40 heavy (non-hydrogen) atoms. The zero-order valence-corrected chi connectivity index (χ0v) is 24.5. The van der Waals surface area contributed by atoms with E-state index in [9.17, 15) is 39.9 Å². The standard InChI is InChI=1S/C25H18F3N3O6S2.Na/c1-38(34,35)12-14-3-6-19-21(10-14)39(36,37)30-24(29-19)22-23(32)16(8-13-2-5-17(27)18(28)9-13)20-7-4-15(26)11-31(20)25(22)33;/h2-7,9-11,33H,8,12H2,1H3,(H,29,30);/q;+1/p-1. The maximum absolute atomic E-state index is 14.1. The van der Waals surface area contributed by atoms with Crippen LogP contribution in [0, 0.1) is 17.5 Å². The predicted molar refractivity (Wildman–Crippen MR) is 135 cm³/mol. The molecule has 0 fully saturated rings. The van der Waals surface area contributed by atoms with E-state index in [-0.39, 0.29) is 68.8 Å². The second-order valence-corrected chi connectivity index (χ2v) is 12.7. The maximum Gasteiger partial charge on any atom is 1.00 e. The van der Waals surface area contributed by atoms with Crippen molar-refractivity contribution >= 4 is 36.9 Å². The Morgan fingerprint density at radius 1 is 1.00 bits per heavy atom. The van der Waals surface area contributed by atoms with Crippen LogP contribution in [0.2, 0.25) is 0 Å². The first kappa shape index (κ1) is 29.8. The summed E-state index contributed by atoms with van der Waals surface area (Å²) >= 11 is 0. The number of aromatic nitrogens is 1.